The normalized spacial score (nSPS) is 15.0. The topological polar surface area (TPSA) is 0 Å². The van der Waals surface area contributed by atoms with Gasteiger partial charge in [0, 0.05) is 8.31 Å². The third-order valence-electron chi connectivity index (χ3n) is 1.97. The first-order chi connectivity index (χ1) is 4.85. The molecular weight excluding hydrogens is 168 g/mol. The summed E-state index contributed by atoms with van der Waals surface area (Å²) in [6.07, 6.45) is 4.25. The zero-order chi connectivity index (χ0) is 7.82. The Morgan fingerprint density at radius 2 is 2.10 bits per heavy atom. The van der Waals surface area contributed by atoms with Crippen molar-refractivity contribution in [1.29, 1.82) is 0 Å². The van der Waals surface area contributed by atoms with Gasteiger partial charge < -0.3 is 0 Å². The van der Waals surface area contributed by atoms with Crippen LogP contribution >= 0.6 is 0 Å². The van der Waals surface area contributed by atoms with Gasteiger partial charge in [-0.15, -0.1) is 0 Å². The first-order valence-electron chi connectivity index (χ1n) is 4.68. The molecule has 3 heteroatoms. The molecule has 61 valence electrons. The minimum absolute atomic E-state index is 0.155. The summed E-state index contributed by atoms with van der Waals surface area (Å²) in [7, 11) is 1.94. The fraction of sp³-hybridized carbons (Fsp3) is 0.857. The second kappa shape index (κ2) is 7.75. The van der Waals surface area contributed by atoms with Crippen LogP contribution in [0.3, 0.4) is 0 Å². The van der Waals surface area contributed by atoms with E-state index in [1.165, 1.54) is 19.3 Å². The van der Waals surface area contributed by atoms with Crippen LogP contribution in [-0.2, 0) is 0 Å². The van der Waals surface area contributed by atoms with E-state index >= 15 is 0 Å². The van der Waals surface area contributed by atoms with Gasteiger partial charge in [-0.3, -0.25) is 0 Å². The highest BCUT2D eigenvalue weighted by atomic mass is 29.5. The quantitative estimate of drug-likeness (QED) is 0.521. The van der Waals surface area contributed by atoms with Crippen molar-refractivity contribution in [3.05, 3.63) is 6.04 Å². The second-order valence-electron chi connectivity index (χ2n) is 2.98. The molecule has 0 saturated heterocycles. The van der Waals surface area contributed by atoms with E-state index in [0.717, 1.165) is 0 Å². The summed E-state index contributed by atoms with van der Waals surface area (Å²) in [5.74, 6) is 0. The Kier molecular flexibility index (Phi) is 8.26. The molecule has 0 aromatic heterocycles. The highest BCUT2D eigenvalue weighted by molar-refractivity contribution is 7.32. The number of unbranched alkanes of at least 4 members (excludes halogenated alkanes) is 1. The van der Waals surface area contributed by atoms with E-state index in [4.69, 9.17) is 0 Å². The molecule has 0 aliphatic carbocycles. The van der Waals surface area contributed by atoms with E-state index in [0.29, 0.717) is 8.55 Å². The molecule has 0 nitrogen and oxygen atoms in total. The Hall–Kier alpha value is 0.651. The molecule has 10 heavy (non-hydrogen) atoms. The van der Waals surface area contributed by atoms with Gasteiger partial charge in [-0.05, 0) is 18.3 Å². The van der Waals surface area contributed by atoms with Crippen LogP contribution in [0.1, 0.15) is 33.1 Å². The van der Waals surface area contributed by atoms with Crippen LogP contribution in [0.25, 0.3) is 0 Å². The van der Waals surface area contributed by atoms with Crippen molar-refractivity contribution in [2.24, 2.45) is 0 Å². The summed E-state index contributed by atoms with van der Waals surface area (Å²) in [6, 6.07) is 4.35. The highest BCUT2D eigenvalue weighted by Gasteiger charge is 2.05. The van der Waals surface area contributed by atoms with E-state index in [9.17, 15) is 0 Å². The van der Waals surface area contributed by atoms with Crippen molar-refractivity contribution in [2.45, 2.75) is 39.2 Å². The second-order valence-corrected chi connectivity index (χ2v) is 19.3. The standard InChI is InChI=1S/C7H21Si3/c1-3-5-7-10(9-8)6-4-2/h7,10H,3-6,9H2,1-2,8H3. The average Bonchev–Trinajstić information content (AvgIpc) is 1.98. The minimum atomic E-state index is -0.155. The van der Waals surface area contributed by atoms with Gasteiger partial charge >= 0.3 is 0 Å². The molecule has 0 fully saturated rings. The fourth-order valence-corrected chi connectivity index (χ4v) is 14.6. The molecule has 0 amide bonds. The summed E-state index contributed by atoms with van der Waals surface area (Å²) < 4.78 is 0. The lowest BCUT2D eigenvalue weighted by Gasteiger charge is -2.09. The smallest absolute Gasteiger partial charge is 0.0239 e. The van der Waals surface area contributed by atoms with Gasteiger partial charge in [0.15, 0.2) is 0 Å². The predicted octanol–water partition coefficient (Wildman–Crippen LogP) is 0.113. The number of hydrogen-bond donors (Lipinski definition) is 0. The third kappa shape index (κ3) is 5.44. The molecule has 0 spiro atoms. The van der Waals surface area contributed by atoms with Gasteiger partial charge in [0.25, 0.3) is 0 Å². The average molecular weight is 190 g/mol. The summed E-state index contributed by atoms with van der Waals surface area (Å²) >= 11 is 0. The van der Waals surface area contributed by atoms with Gasteiger partial charge in [0.1, 0.15) is 0 Å². The van der Waals surface area contributed by atoms with Gasteiger partial charge in [-0.2, -0.15) is 0 Å². The highest BCUT2D eigenvalue weighted by Crippen LogP contribution is 2.02. The summed E-state index contributed by atoms with van der Waals surface area (Å²) in [6.45, 7) is 4.63. The maximum absolute atomic E-state index is 2.72. The Morgan fingerprint density at radius 1 is 1.40 bits per heavy atom. The zero-order valence-corrected chi connectivity index (χ0v) is 12.3. The fourth-order valence-electron chi connectivity index (χ4n) is 1.26. The van der Waals surface area contributed by atoms with Gasteiger partial charge in [-0.25, -0.2) is 0 Å². The SMILES string of the molecule is CCC[CH][SiH](CCC)[SiH2][SiH3]. The van der Waals surface area contributed by atoms with Crippen molar-refractivity contribution in [2.75, 3.05) is 0 Å². The van der Waals surface area contributed by atoms with Crippen molar-refractivity contribution >= 4 is 26.6 Å². The molecular formula is C7H21Si3. The van der Waals surface area contributed by atoms with E-state index < -0.39 is 0 Å². The van der Waals surface area contributed by atoms with Gasteiger partial charge in [0.05, 0.1) is 0 Å². The Labute approximate surface area is 72.2 Å². The molecule has 1 radical (unpaired) electrons. The molecule has 0 aliphatic rings. The first kappa shape index (κ1) is 10.7. The van der Waals surface area contributed by atoms with Crippen molar-refractivity contribution in [1.82, 2.24) is 0 Å². The van der Waals surface area contributed by atoms with Crippen LogP contribution in [0.4, 0.5) is 0 Å². The Bertz CT molecular complexity index is 65.9. The molecule has 0 N–H and O–H groups in total. The van der Waals surface area contributed by atoms with E-state index in [-0.39, 0.29) is 8.31 Å². The Morgan fingerprint density at radius 3 is 2.50 bits per heavy atom. The van der Waals surface area contributed by atoms with Crippen LogP contribution < -0.4 is 0 Å². The maximum Gasteiger partial charge on any atom is 0.0239 e. The molecule has 0 rings (SSSR count). The minimum Gasteiger partial charge on any atom is -0.0657 e. The van der Waals surface area contributed by atoms with Crippen LogP contribution in [0.15, 0.2) is 0 Å². The lowest BCUT2D eigenvalue weighted by atomic mass is 10.4. The van der Waals surface area contributed by atoms with Crippen molar-refractivity contribution in [3.63, 3.8) is 0 Å². The molecule has 1 unspecified atom stereocenters. The van der Waals surface area contributed by atoms with Crippen LogP contribution in [0.2, 0.25) is 6.04 Å². The van der Waals surface area contributed by atoms with Crippen molar-refractivity contribution in [3.8, 4) is 0 Å². The third-order valence-corrected chi connectivity index (χ3v) is 20.2. The van der Waals surface area contributed by atoms with E-state index in [1.807, 2.05) is 0 Å². The summed E-state index contributed by atoms with van der Waals surface area (Å²) in [4.78, 5) is 0. The Balaban J connectivity index is 3.21. The summed E-state index contributed by atoms with van der Waals surface area (Å²) in [5, 5.41) is 0. The van der Waals surface area contributed by atoms with E-state index in [1.54, 1.807) is 15.8 Å². The monoisotopic (exact) mass is 189 g/mol. The number of rotatable bonds is 6. The van der Waals surface area contributed by atoms with Crippen LogP contribution in [0.5, 0.6) is 0 Å². The van der Waals surface area contributed by atoms with Crippen LogP contribution in [0, 0.1) is 6.04 Å². The molecule has 0 aromatic carbocycles. The molecule has 0 aromatic rings. The molecule has 0 bridgehead atoms. The first-order valence-corrected chi connectivity index (χ1v) is 15.1. The lowest BCUT2D eigenvalue weighted by molar-refractivity contribution is 0.932. The van der Waals surface area contributed by atoms with Crippen molar-refractivity contribution < 1.29 is 0 Å². The van der Waals surface area contributed by atoms with Crippen LogP contribution in [-0.4, -0.2) is 26.6 Å². The number of hydrogen-bond acceptors (Lipinski definition) is 0. The zero-order valence-electron chi connectivity index (χ0n) is 7.69. The van der Waals surface area contributed by atoms with Gasteiger partial charge in [-0.1, -0.05) is 45.2 Å². The van der Waals surface area contributed by atoms with E-state index in [2.05, 4.69) is 19.9 Å². The van der Waals surface area contributed by atoms with Gasteiger partial charge in [0.2, 0.25) is 0 Å². The molecule has 1 atom stereocenters. The largest absolute Gasteiger partial charge is 0.0657 e. The maximum atomic E-state index is 2.72. The summed E-state index contributed by atoms with van der Waals surface area (Å²) in [5.41, 5.74) is 0. The lowest BCUT2D eigenvalue weighted by Crippen LogP contribution is -2.23. The predicted molar refractivity (Wildman–Crippen MR) is 59.9 cm³/mol. The molecule has 0 saturated carbocycles. The molecule has 0 aliphatic heterocycles. The molecule has 0 heterocycles.